The molecule has 0 unspecified atom stereocenters. The maximum absolute atomic E-state index is 12.6. The van der Waals surface area contributed by atoms with Crippen molar-refractivity contribution < 1.29 is 13.2 Å². The Morgan fingerprint density at radius 3 is 2.62 bits per heavy atom. The van der Waals surface area contributed by atoms with E-state index >= 15 is 0 Å². The third kappa shape index (κ3) is 4.30. The smallest absolute Gasteiger partial charge is 0.259 e. The zero-order valence-corrected chi connectivity index (χ0v) is 19.0. The first-order valence-electron chi connectivity index (χ1n) is 11.0. The second-order valence-corrected chi connectivity index (χ2v) is 10.4. The molecule has 0 radical (unpaired) electrons. The van der Waals surface area contributed by atoms with Crippen LogP contribution in [0.25, 0.3) is 0 Å². The Morgan fingerprint density at radius 1 is 1.12 bits per heavy atom. The lowest BCUT2D eigenvalue weighted by molar-refractivity contribution is 0.0501. The van der Waals surface area contributed by atoms with Crippen molar-refractivity contribution in [3.8, 4) is 5.75 Å². The summed E-state index contributed by atoms with van der Waals surface area (Å²) < 4.78 is 35.6. The van der Waals surface area contributed by atoms with E-state index in [1.807, 2.05) is 18.2 Å². The highest BCUT2D eigenvalue weighted by Crippen LogP contribution is 2.40. The second-order valence-electron chi connectivity index (χ2n) is 8.64. The topological polar surface area (TPSA) is 76.5 Å². The summed E-state index contributed by atoms with van der Waals surface area (Å²) in [7, 11) is -1.91. The van der Waals surface area contributed by atoms with Crippen LogP contribution in [-0.2, 0) is 30.0 Å². The summed E-state index contributed by atoms with van der Waals surface area (Å²) in [5, 5.41) is 0.0288. The van der Waals surface area contributed by atoms with E-state index in [1.165, 1.54) is 24.5 Å². The highest BCUT2D eigenvalue weighted by atomic mass is 32.2. The van der Waals surface area contributed by atoms with Gasteiger partial charge in [-0.05, 0) is 48.7 Å². The van der Waals surface area contributed by atoms with Crippen LogP contribution in [0.2, 0.25) is 0 Å². The predicted octanol–water partition coefficient (Wildman–Crippen LogP) is 2.69. The van der Waals surface area contributed by atoms with Crippen LogP contribution in [-0.4, -0.2) is 48.6 Å². The van der Waals surface area contributed by atoms with E-state index in [2.05, 4.69) is 44.9 Å². The number of nitrogens with one attached hydrogen (secondary N) is 1. The fourth-order valence-corrected chi connectivity index (χ4v) is 5.55. The molecule has 0 saturated carbocycles. The van der Waals surface area contributed by atoms with E-state index in [9.17, 15) is 8.42 Å². The van der Waals surface area contributed by atoms with Gasteiger partial charge in [0.2, 0.25) is 0 Å². The number of sulfonamides is 1. The summed E-state index contributed by atoms with van der Waals surface area (Å²) in [6.07, 6.45) is 5.14. The maximum atomic E-state index is 12.6. The Morgan fingerprint density at radius 2 is 1.94 bits per heavy atom. The van der Waals surface area contributed by atoms with Gasteiger partial charge in [0.05, 0.1) is 12.4 Å². The van der Waals surface area contributed by atoms with E-state index in [1.54, 1.807) is 11.6 Å². The summed E-state index contributed by atoms with van der Waals surface area (Å²) in [5.41, 5.74) is 3.37. The zero-order valence-electron chi connectivity index (χ0n) is 18.1. The van der Waals surface area contributed by atoms with Gasteiger partial charge in [0.25, 0.3) is 10.0 Å². The van der Waals surface area contributed by atoms with Crippen LogP contribution in [0.1, 0.15) is 29.0 Å². The fourth-order valence-electron chi connectivity index (χ4n) is 4.55. The number of nitrogens with zero attached hydrogens (tertiary/aromatic N) is 3. The SMILES string of the molecule is Cn1cnc(S(=O)(=O)NCc2ccc3c(c2)[C@@H](Cc2ccccc2)[C@@H](N2CCC2)CO3)c1. The highest BCUT2D eigenvalue weighted by Gasteiger charge is 2.37. The molecule has 2 atom stereocenters. The van der Waals surface area contributed by atoms with Gasteiger partial charge in [-0.2, -0.15) is 0 Å². The minimum absolute atomic E-state index is 0.0288. The molecule has 0 aliphatic carbocycles. The quantitative estimate of drug-likeness (QED) is 0.597. The lowest BCUT2D eigenvalue weighted by Gasteiger charge is -2.45. The van der Waals surface area contributed by atoms with E-state index in [0.29, 0.717) is 18.6 Å². The summed E-state index contributed by atoms with van der Waals surface area (Å²) in [6.45, 7) is 3.12. The average molecular weight is 453 g/mol. The van der Waals surface area contributed by atoms with Crippen molar-refractivity contribution >= 4 is 10.0 Å². The molecule has 1 N–H and O–H groups in total. The number of fused-ring (bicyclic) bond motifs is 1. The molecule has 1 fully saturated rings. The van der Waals surface area contributed by atoms with Crippen LogP contribution in [0.3, 0.4) is 0 Å². The summed E-state index contributed by atoms with van der Waals surface area (Å²) in [6, 6.07) is 16.9. The summed E-state index contributed by atoms with van der Waals surface area (Å²) in [4.78, 5) is 6.47. The van der Waals surface area contributed by atoms with Crippen LogP contribution in [0.4, 0.5) is 0 Å². The first kappa shape index (κ1) is 21.2. The summed E-state index contributed by atoms with van der Waals surface area (Å²) in [5.74, 6) is 1.20. The van der Waals surface area contributed by atoms with E-state index in [-0.39, 0.29) is 11.6 Å². The first-order chi connectivity index (χ1) is 15.5. The average Bonchev–Trinajstić information content (AvgIpc) is 3.21. The largest absolute Gasteiger partial charge is 0.492 e. The molecule has 5 rings (SSSR count). The molecule has 168 valence electrons. The van der Waals surface area contributed by atoms with Crippen LogP contribution in [0, 0.1) is 0 Å². The number of imidazole rings is 1. The summed E-state index contributed by atoms with van der Waals surface area (Å²) >= 11 is 0. The molecule has 1 saturated heterocycles. The molecule has 32 heavy (non-hydrogen) atoms. The molecule has 3 heterocycles. The van der Waals surface area contributed by atoms with Gasteiger partial charge < -0.3 is 9.30 Å². The van der Waals surface area contributed by atoms with Crippen molar-refractivity contribution in [3.05, 3.63) is 77.7 Å². The molecule has 7 nitrogen and oxygen atoms in total. The van der Waals surface area contributed by atoms with Crippen molar-refractivity contribution in [2.75, 3.05) is 19.7 Å². The van der Waals surface area contributed by atoms with Gasteiger partial charge in [0.15, 0.2) is 5.03 Å². The molecule has 0 amide bonds. The number of benzene rings is 2. The highest BCUT2D eigenvalue weighted by molar-refractivity contribution is 7.89. The zero-order chi connectivity index (χ0) is 22.1. The molecule has 0 spiro atoms. The lowest BCUT2D eigenvalue weighted by atomic mass is 9.81. The lowest BCUT2D eigenvalue weighted by Crippen LogP contribution is -2.52. The van der Waals surface area contributed by atoms with E-state index < -0.39 is 10.0 Å². The first-order valence-corrected chi connectivity index (χ1v) is 12.5. The van der Waals surface area contributed by atoms with Crippen molar-refractivity contribution in [2.24, 2.45) is 7.05 Å². The number of likely N-dealkylation sites (tertiary alicyclic amines) is 1. The third-order valence-corrected chi connectivity index (χ3v) is 7.71. The standard InChI is InChI=1S/C24H28N4O3S/c1-27-15-24(25-17-27)32(29,30)26-14-19-8-9-23-21(13-19)20(12-18-6-3-2-4-7-18)22(16-31-23)28-10-5-11-28/h2-4,6-9,13,15,17,20,22,26H,5,10-12,14,16H2,1H3/t20-,22+/m1/s1. The number of aryl methyl sites for hydroxylation is 1. The second kappa shape index (κ2) is 8.69. The Hall–Kier alpha value is -2.68. The van der Waals surface area contributed by atoms with E-state index in [4.69, 9.17) is 4.74 Å². The normalized spacial score (nSPS) is 20.9. The minimum atomic E-state index is -3.66. The van der Waals surface area contributed by atoms with Crippen molar-refractivity contribution in [3.63, 3.8) is 0 Å². The predicted molar refractivity (Wildman–Crippen MR) is 122 cm³/mol. The van der Waals surface area contributed by atoms with Gasteiger partial charge in [-0.25, -0.2) is 18.1 Å². The maximum Gasteiger partial charge on any atom is 0.259 e. The molecular weight excluding hydrogens is 424 g/mol. The minimum Gasteiger partial charge on any atom is -0.492 e. The molecule has 3 aromatic rings. The van der Waals surface area contributed by atoms with Gasteiger partial charge in [-0.1, -0.05) is 42.5 Å². The van der Waals surface area contributed by atoms with Gasteiger partial charge in [-0.15, -0.1) is 0 Å². The fraction of sp³-hybridized carbons (Fsp3) is 0.375. The number of ether oxygens (including phenoxy) is 1. The van der Waals surface area contributed by atoms with Crippen molar-refractivity contribution in [2.45, 2.75) is 36.4 Å². The molecule has 8 heteroatoms. The molecular formula is C24H28N4O3S. The molecule has 2 aliphatic heterocycles. The molecule has 2 aliphatic rings. The third-order valence-electron chi connectivity index (χ3n) is 6.43. The van der Waals surface area contributed by atoms with Gasteiger partial charge in [0, 0.05) is 25.7 Å². The van der Waals surface area contributed by atoms with Gasteiger partial charge in [-0.3, -0.25) is 4.90 Å². The molecule has 0 bridgehead atoms. The number of rotatable bonds is 7. The van der Waals surface area contributed by atoms with Crippen LogP contribution in [0.15, 0.2) is 66.1 Å². The van der Waals surface area contributed by atoms with Crippen molar-refractivity contribution in [1.82, 2.24) is 19.2 Å². The van der Waals surface area contributed by atoms with Crippen molar-refractivity contribution in [1.29, 1.82) is 0 Å². The Kier molecular flexibility index (Phi) is 5.75. The Labute approximate surface area is 189 Å². The van der Waals surface area contributed by atoms with Gasteiger partial charge in [0.1, 0.15) is 12.4 Å². The van der Waals surface area contributed by atoms with Crippen LogP contribution >= 0.6 is 0 Å². The van der Waals surface area contributed by atoms with Gasteiger partial charge >= 0.3 is 0 Å². The monoisotopic (exact) mass is 452 g/mol. The molecule has 1 aromatic heterocycles. The Bertz CT molecular complexity index is 1190. The van der Waals surface area contributed by atoms with E-state index in [0.717, 1.165) is 36.4 Å². The van der Waals surface area contributed by atoms with Crippen LogP contribution in [0.5, 0.6) is 5.75 Å². The number of aromatic nitrogens is 2. The number of hydrogen-bond donors (Lipinski definition) is 1. The van der Waals surface area contributed by atoms with Crippen LogP contribution < -0.4 is 9.46 Å². The molecule has 2 aromatic carbocycles. The Balaban J connectivity index is 1.40. The number of hydrogen-bond acceptors (Lipinski definition) is 5.